The molecule has 8 aromatic carbocycles. The van der Waals surface area contributed by atoms with Crippen molar-refractivity contribution in [1.82, 2.24) is 19.5 Å². The Kier molecular flexibility index (Phi) is 6.09. The van der Waals surface area contributed by atoms with E-state index in [1.165, 1.54) is 81.0 Å². The summed E-state index contributed by atoms with van der Waals surface area (Å²) in [6, 6.07) is 57.2. The fraction of sp³-hybridized carbons (Fsp3) is 0.0577. The van der Waals surface area contributed by atoms with E-state index < -0.39 is 0 Å². The quantitative estimate of drug-likeness (QED) is 0.181. The van der Waals surface area contributed by atoms with Crippen LogP contribution in [0.25, 0.3) is 115 Å². The van der Waals surface area contributed by atoms with Crippen molar-refractivity contribution in [3.8, 4) is 62.1 Å². The third-order valence-electron chi connectivity index (χ3n) is 12.6. The van der Waals surface area contributed by atoms with Crippen LogP contribution in [0.5, 0.6) is 0 Å². The normalized spacial score (nSPS) is 13.6. The van der Waals surface area contributed by atoms with Crippen molar-refractivity contribution in [3.63, 3.8) is 0 Å². The predicted molar refractivity (Wildman–Crippen MR) is 237 cm³/mol. The lowest BCUT2D eigenvalue weighted by molar-refractivity contribution is 0.661. The van der Waals surface area contributed by atoms with Gasteiger partial charge in [-0.2, -0.15) is 0 Å². The molecular formula is C52H32N4S. The first kappa shape index (κ1) is 31.3. The second-order valence-corrected chi connectivity index (χ2v) is 17.0. The van der Waals surface area contributed by atoms with Gasteiger partial charge in [-0.15, -0.1) is 11.3 Å². The lowest BCUT2D eigenvalue weighted by atomic mass is 9.81. The third-order valence-corrected chi connectivity index (χ3v) is 13.7. The number of nitrogens with zero attached hydrogens (tertiary/aromatic N) is 4. The number of benzene rings is 8. The van der Waals surface area contributed by atoms with Gasteiger partial charge >= 0.3 is 0 Å². The Morgan fingerprint density at radius 3 is 2.07 bits per heavy atom. The molecule has 13 rings (SSSR count). The van der Waals surface area contributed by atoms with Crippen molar-refractivity contribution >= 4 is 64.1 Å². The number of hydrogen-bond donors (Lipinski definition) is 0. The summed E-state index contributed by atoms with van der Waals surface area (Å²) in [6.07, 6.45) is 0. The van der Waals surface area contributed by atoms with Crippen LogP contribution in [0.4, 0.5) is 0 Å². The maximum Gasteiger partial charge on any atom is 0.164 e. The van der Waals surface area contributed by atoms with Gasteiger partial charge in [0.2, 0.25) is 0 Å². The molecule has 1 aliphatic heterocycles. The Hall–Kier alpha value is -6.95. The summed E-state index contributed by atoms with van der Waals surface area (Å²) >= 11 is 1.81. The van der Waals surface area contributed by atoms with Gasteiger partial charge in [-0.1, -0.05) is 135 Å². The van der Waals surface area contributed by atoms with Gasteiger partial charge in [0.05, 0.1) is 16.7 Å². The maximum atomic E-state index is 5.36. The molecule has 0 spiro atoms. The van der Waals surface area contributed by atoms with Crippen LogP contribution < -0.4 is 0 Å². The average Bonchev–Trinajstić information content (AvgIpc) is 3.85. The summed E-state index contributed by atoms with van der Waals surface area (Å²) < 4.78 is 4.99. The Bertz CT molecular complexity index is 3560. The van der Waals surface area contributed by atoms with Crippen LogP contribution in [-0.2, 0) is 5.41 Å². The van der Waals surface area contributed by atoms with Gasteiger partial charge in [0.25, 0.3) is 0 Å². The van der Waals surface area contributed by atoms with Crippen molar-refractivity contribution in [1.29, 1.82) is 0 Å². The highest BCUT2D eigenvalue weighted by atomic mass is 32.1. The standard InChI is InChI=1S/C52H32N4S/c1-52(2)39-20-10-17-33-32-15-5-7-21-41(32)56-42-27-24-30(28-38(42)34-25-26-40(52)47(46(33)39)48(34)56)49-53-50(35-18-9-13-29-12-3-4-14-31(29)35)55-51(54-49)37-19-11-23-44-45(37)36-16-6-8-22-43(36)57-44/h3-28H,1-2H3. The van der Waals surface area contributed by atoms with Crippen LogP contribution in [0, 0.1) is 0 Å². The Labute approximate surface area is 332 Å². The fourth-order valence-electron chi connectivity index (χ4n) is 10.0. The van der Waals surface area contributed by atoms with Crippen LogP contribution in [0.1, 0.15) is 25.0 Å². The highest BCUT2D eigenvalue weighted by Gasteiger charge is 2.40. The van der Waals surface area contributed by atoms with Gasteiger partial charge in [-0.05, 0) is 69.4 Å². The lowest BCUT2D eigenvalue weighted by Crippen LogP contribution is -2.15. The third kappa shape index (κ3) is 4.13. The zero-order valence-corrected chi connectivity index (χ0v) is 32.0. The van der Waals surface area contributed by atoms with E-state index in [2.05, 4.69) is 176 Å². The van der Waals surface area contributed by atoms with Crippen LogP contribution in [0.2, 0.25) is 0 Å². The molecule has 5 heteroatoms. The molecule has 0 N–H and O–H groups in total. The molecule has 0 saturated carbocycles. The molecule has 0 fully saturated rings. The van der Waals surface area contributed by atoms with Crippen LogP contribution >= 0.6 is 11.3 Å². The van der Waals surface area contributed by atoms with E-state index in [4.69, 9.17) is 15.0 Å². The number of hydrogen-bond acceptors (Lipinski definition) is 4. The first-order valence-corrected chi connectivity index (χ1v) is 20.4. The lowest BCUT2D eigenvalue weighted by Gasteiger charge is -2.22. The number of aromatic nitrogens is 4. The molecule has 11 aromatic rings. The number of thiophene rings is 1. The second-order valence-electron chi connectivity index (χ2n) is 15.9. The van der Waals surface area contributed by atoms with Crippen molar-refractivity contribution in [2.75, 3.05) is 0 Å². The van der Waals surface area contributed by atoms with E-state index in [1.54, 1.807) is 0 Å². The molecule has 0 radical (unpaired) electrons. The molecule has 1 aliphatic carbocycles. The smallest absolute Gasteiger partial charge is 0.164 e. The molecule has 3 aromatic heterocycles. The van der Waals surface area contributed by atoms with Crippen LogP contribution in [0.3, 0.4) is 0 Å². The van der Waals surface area contributed by atoms with E-state index in [-0.39, 0.29) is 5.41 Å². The summed E-state index contributed by atoms with van der Waals surface area (Å²) in [7, 11) is 0. The molecule has 4 heterocycles. The fourth-order valence-corrected chi connectivity index (χ4v) is 11.1. The molecule has 57 heavy (non-hydrogen) atoms. The minimum atomic E-state index is -0.108. The highest BCUT2D eigenvalue weighted by Crippen LogP contribution is 2.58. The molecular weight excluding hydrogens is 713 g/mol. The van der Waals surface area contributed by atoms with E-state index in [0.717, 1.165) is 27.5 Å². The molecule has 0 unspecified atom stereocenters. The highest BCUT2D eigenvalue weighted by molar-refractivity contribution is 7.25. The van der Waals surface area contributed by atoms with Crippen molar-refractivity contribution in [3.05, 3.63) is 169 Å². The Balaban J connectivity index is 1.11. The topological polar surface area (TPSA) is 43.6 Å². The van der Waals surface area contributed by atoms with Crippen molar-refractivity contribution in [2.45, 2.75) is 19.3 Å². The number of para-hydroxylation sites is 1. The van der Waals surface area contributed by atoms with Crippen LogP contribution in [-0.4, -0.2) is 19.5 Å². The monoisotopic (exact) mass is 744 g/mol. The molecule has 0 atom stereocenters. The van der Waals surface area contributed by atoms with Gasteiger partial charge in [0.15, 0.2) is 17.5 Å². The zero-order chi connectivity index (χ0) is 37.6. The number of fused-ring (bicyclic) bond motifs is 10. The first-order valence-electron chi connectivity index (χ1n) is 19.5. The molecule has 2 aliphatic rings. The molecule has 0 amide bonds. The summed E-state index contributed by atoms with van der Waals surface area (Å²) in [5.41, 5.74) is 14.6. The summed E-state index contributed by atoms with van der Waals surface area (Å²) in [5, 5.41) is 7.09. The van der Waals surface area contributed by atoms with Crippen molar-refractivity contribution < 1.29 is 0 Å². The molecule has 266 valence electrons. The van der Waals surface area contributed by atoms with E-state index in [1.807, 2.05) is 11.3 Å². The predicted octanol–water partition coefficient (Wildman–Crippen LogP) is 13.8. The van der Waals surface area contributed by atoms with Gasteiger partial charge in [0, 0.05) is 64.2 Å². The molecule has 0 saturated heterocycles. The summed E-state index contributed by atoms with van der Waals surface area (Å²) in [4.78, 5) is 16.0. The summed E-state index contributed by atoms with van der Waals surface area (Å²) in [6.45, 7) is 4.74. The second kappa shape index (κ2) is 11.1. The zero-order valence-electron chi connectivity index (χ0n) is 31.2. The number of rotatable bonds is 3. The molecule has 0 bridgehead atoms. The SMILES string of the molecule is CC1(C)c2cccc3c2-c2c1ccc1c4cc(-c5nc(-c6cccc7ccccc67)nc(-c6cccc7sc8ccccc8c67)n5)ccc4n(c21)-c1ccccc1-3. The first-order chi connectivity index (χ1) is 28.0. The minimum absolute atomic E-state index is 0.108. The van der Waals surface area contributed by atoms with Gasteiger partial charge in [-0.3, -0.25) is 0 Å². The summed E-state index contributed by atoms with van der Waals surface area (Å²) in [5.74, 6) is 2.00. The van der Waals surface area contributed by atoms with E-state index in [0.29, 0.717) is 17.5 Å². The average molecular weight is 745 g/mol. The van der Waals surface area contributed by atoms with Gasteiger partial charge in [0.1, 0.15) is 0 Å². The largest absolute Gasteiger partial charge is 0.308 e. The van der Waals surface area contributed by atoms with E-state index >= 15 is 0 Å². The van der Waals surface area contributed by atoms with Crippen molar-refractivity contribution in [2.24, 2.45) is 0 Å². The Morgan fingerprint density at radius 1 is 0.474 bits per heavy atom. The minimum Gasteiger partial charge on any atom is -0.308 e. The Morgan fingerprint density at radius 2 is 1.14 bits per heavy atom. The van der Waals surface area contributed by atoms with E-state index in [9.17, 15) is 0 Å². The van der Waals surface area contributed by atoms with Gasteiger partial charge in [-0.25, -0.2) is 15.0 Å². The van der Waals surface area contributed by atoms with Gasteiger partial charge < -0.3 is 4.57 Å². The van der Waals surface area contributed by atoms with Crippen LogP contribution in [0.15, 0.2) is 158 Å². The maximum absolute atomic E-state index is 5.36. The molecule has 4 nitrogen and oxygen atoms in total.